The minimum atomic E-state index is -0.995. The number of nitrogens with zero attached hydrogens (tertiary/aromatic N) is 3. The first kappa shape index (κ1) is 14.1. The SMILES string of the molecule is CC(C)c1nnc(NC(=O)CN(C)CC(=O)O)o1. The Hall–Kier alpha value is -1.96. The highest BCUT2D eigenvalue weighted by molar-refractivity contribution is 5.90. The summed E-state index contributed by atoms with van der Waals surface area (Å²) >= 11 is 0. The first-order valence-electron chi connectivity index (χ1n) is 5.42. The van der Waals surface area contributed by atoms with Crippen LogP contribution in [-0.4, -0.2) is 52.2 Å². The number of hydrogen-bond donors (Lipinski definition) is 2. The third-order valence-electron chi connectivity index (χ3n) is 2.00. The molecular weight excluding hydrogens is 240 g/mol. The number of aromatic nitrogens is 2. The molecule has 8 heteroatoms. The molecule has 0 aromatic carbocycles. The van der Waals surface area contributed by atoms with Gasteiger partial charge in [-0.15, -0.1) is 5.10 Å². The van der Waals surface area contributed by atoms with Crippen molar-refractivity contribution >= 4 is 17.9 Å². The van der Waals surface area contributed by atoms with Crippen molar-refractivity contribution in [2.75, 3.05) is 25.5 Å². The minimum absolute atomic E-state index is 0.0208. The Morgan fingerprint density at radius 2 is 2.06 bits per heavy atom. The van der Waals surface area contributed by atoms with Gasteiger partial charge >= 0.3 is 12.0 Å². The molecule has 0 aliphatic rings. The quantitative estimate of drug-likeness (QED) is 0.745. The molecular formula is C10H16N4O4. The van der Waals surface area contributed by atoms with Crippen LogP contribution in [-0.2, 0) is 9.59 Å². The Bertz CT molecular complexity index is 429. The number of aliphatic carboxylic acids is 1. The number of amides is 1. The number of carboxylic acid groups (broad SMARTS) is 1. The van der Waals surface area contributed by atoms with Crippen molar-refractivity contribution in [3.63, 3.8) is 0 Å². The Morgan fingerprint density at radius 1 is 1.39 bits per heavy atom. The molecule has 0 unspecified atom stereocenters. The molecule has 1 aromatic heterocycles. The molecule has 1 aromatic rings. The zero-order chi connectivity index (χ0) is 13.7. The number of hydrogen-bond acceptors (Lipinski definition) is 6. The zero-order valence-electron chi connectivity index (χ0n) is 10.5. The van der Waals surface area contributed by atoms with E-state index in [4.69, 9.17) is 9.52 Å². The van der Waals surface area contributed by atoms with E-state index >= 15 is 0 Å². The van der Waals surface area contributed by atoms with Gasteiger partial charge in [0.15, 0.2) is 0 Å². The second-order valence-corrected chi connectivity index (χ2v) is 4.21. The summed E-state index contributed by atoms with van der Waals surface area (Å²) in [7, 11) is 1.53. The molecule has 100 valence electrons. The maximum Gasteiger partial charge on any atom is 0.322 e. The molecule has 0 radical (unpaired) electrons. The predicted molar refractivity (Wildman–Crippen MR) is 62.1 cm³/mol. The van der Waals surface area contributed by atoms with Crippen LogP contribution in [0, 0.1) is 0 Å². The lowest BCUT2D eigenvalue weighted by Crippen LogP contribution is -2.33. The van der Waals surface area contributed by atoms with Crippen LogP contribution in [0.4, 0.5) is 6.01 Å². The van der Waals surface area contributed by atoms with Gasteiger partial charge in [-0.25, -0.2) is 0 Å². The number of carboxylic acids is 1. The summed E-state index contributed by atoms with van der Waals surface area (Å²) < 4.78 is 5.19. The van der Waals surface area contributed by atoms with Gasteiger partial charge < -0.3 is 9.52 Å². The summed E-state index contributed by atoms with van der Waals surface area (Å²) in [6.07, 6.45) is 0. The van der Waals surface area contributed by atoms with Crippen LogP contribution < -0.4 is 5.32 Å². The van der Waals surface area contributed by atoms with E-state index < -0.39 is 11.9 Å². The Kier molecular flexibility index (Phi) is 4.78. The molecule has 0 spiro atoms. The Labute approximate surface area is 104 Å². The fourth-order valence-electron chi connectivity index (χ4n) is 1.21. The Morgan fingerprint density at radius 3 is 2.56 bits per heavy atom. The lowest BCUT2D eigenvalue weighted by Gasteiger charge is -2.11. The minimum Gasteiger partial charge on any atom is -0.480 e. The maximum atomic E-state index is 11.5. The van der Waals surface area contributed by atoms with Crippen LogP contribution in [0.5, 0.6) is 0 Å². The summed E-state index contributed by atoms with van der Waals surface area (Å²) in [4.78, 5) is 23.3. The lowest BCUT2D eigenvalue weighted by molar-refractivity contribution is -0.138. The molecule has 2 N–H and O–H groups in total. The summed E-state index contributed by atoms with van der Waals surface area (Å²) in [5.41, 5.74) is 0. The van der Waals surface area contributed by atoms with Gasteiger partial charge in [0.25, 0.3) is 0 Å². The monoisotopic (exact) mass is 256 g/mol. The normalized spacial score (nSPS) is 10.9. The van der Waals surface area contributed by atoms with Crippen LogP contribution >= 0.6 is 0 Å². The molecule has 1 rings (SSSR count). The van der Waals surface area contributed by atoms with E-state index in [0.29, 0.717) is 5.89 Å². The number of rotatable bonds is 6. The zero-order valence-corrected chi connectivity index (χ0v) is 10.5. The molecule has 18 heavy (non-hydrogen) atoms. The van der Waals surface area contributed by atoms with Crippen molar-refractivity contribution in [1.29, 1.82) is 0 Å². The second kappa shape index (κ2) is 6.10. The van der Waals surface area contributed by atoms with Crippen molar-refractivity contribution in [2.24, 2.45) is 0 Å². The van der Waals surface area contributed by atoms with Crippen molar-refractivity contribution in [1.82, 2.24) is 15.1 Å². The molecule has 0 saturated heterocycles. The predicted octanol–water partition coefficient (Wildman–Crippen LogP) is 0.148. The summed E-state index contributed by atoms with van der Waals surface area (Å²) in [5, 5.41) is 18.4. The van der Waals surface area contributed by atoms with Crippen molar-refractivity contribution in [3.8, 4) is 0 Å². The molecule has 0 atom stereocenters. The fraction of sp³-hybridized carbons (Fsp3) is 0.600. The van der Waals surface area contributed by atoms with Crippen LogP contribution in [0.3, 0.4) is 0 Å². The van der Waals surface area contributed by atoms with E-state index in [9.17, 15) is 9.59 Å². The van der Waals surface area contributed by atoms with Gasteiger partial charge in [0.2, 0.25) is 11.8 Å². The fourth-order valence-corrected chi connectivity index (χ4v) is 1.21. The first-order valence-corrected chi connectivity index (χ1v) is 5.42. The van der Waals surface area contributed by atoms with E-state index in [-0.39, 0.29) is 25.0 Å². The lowest BCUT2D eigenvalue weighted by atomic mass is 10.2. The van der Waals surface area contributed by atoms with E-state index in [0.717, 1.165) is 0 Å². The molecule has 0 fully saturated rings. The molecule has 0 aliphatic carbocycles. The Balaban J connectivity index is 2.46. The largest absolute Gasteiger partial charge is 0.480 e. The molecule has 1 amide bonds. The van der Waals surface area contributed by atoms with Crippen molar-refractivity contribution in [2.45, 2.75) is 19.8 Å². The van der Waals surface area contributed by atoms with Crippen molar-refractivity contribution in [3.05, 3.63) is 5.89 Å². The van der Waals surface area contributed by atoms with Crippen LogP contribution in [0.1, 0.15) is 25.7 Å². The molecule has 0 bridgehead atoms. The number of anilines is 1. The summed E-state index contributed by atoms with van der Waals surface area (Å²) in [6.45, 7) is 3.50. The number of likely N-dealkylation sites (N-methyl/N-ethyl adjacent to an activating group) is 1. The van der Waals surface area contributed by atoms with Gasteiger partial charge in [0, 0.05) is 5.92 Å². The summed E-state index contributed by atoms with van der Waals surface area (Å²) in [5.74, 6) is -0.884. The number of carbonyl (C=O) groups is 2. The standard InChI is InChI=1S/C10H16N4O4/c1-6(2)9-12-13-10(18-9)11-7(15)4-14(3)5-8(16)17/h6H,4-5H2,1-3H3,(H,16,17)(H,11,13,15). The second-order valence-electron chi connectivity index (χ2n) is 4.21. The van der Waals surface area contributed by atoms with Crippen molar-refractivity contribution < 1.29 is 19.1 Å². The highest BCUT2D eigenvalue weighted by atomic mass is 16.4. The number of nitrogens with one attached hydrogen (secondary N) is 1. The van der Waals surface area contributed by atoms with E-state index in [2.05, 4.69) is 15.5 Å². The first-order chi connectivity index (χ1) is 8.38. The molecule has 0 saturated carbocycles. The van der Waals surface area contributed by atoms with Gasteiger partial charge in [0.1, 0.15) is 0 Å². The third kappa shape index (κ3) is 4.50. The van der Waals surface area contributed by atoms with E-state index in [1.807, 2.05) is 13.8 Å². The molecule has 8 nitrogen and oxygen atoms in total. The highest BCUT2D eigenvalue weighted by Gasteiger charge is 2.14. The van der Waals surface area contributed by atoms with Crippen LogP contribution in [0.2, 0.25) is 0 Å². The van der Waals surface area contributed by atoms with Gasteiger partial charge in [-0.1, -0.05) is 18.9 Å². The molecule has 0 aliphatic heterocycles. The van der Waals surface area contributed by atoms with Gasteiger partial charge in [-0.2, -0.15) is 0 Å². The topological polar surface area (TPSA) is 109 Å². The van der Waals surface area contributed by atoms with Gasteiger partial charge in [-0.05, 0) is 7.05 Å². The maximum absolute atomic E-state index is 11.5. The number of carbonyl (C=O) groups excluding carboxylic acids is 1. The van der Waals surface area contributed by atoms with Gasteiger partial charge in [-0.3, -0.25) is 19.8 Å². The van der Waals surface area contributed by atoms with Gasteiger partial charge in [0.05, 0.1) is 13.1 Å². The van der Waals surface area contributed by atoms with E-state index in [1.54, 1.807) is 0 Å². The smallest absolute Gasteiger partial charge is 0.322 e. The van der Waals surface area contributed by atoms with E-state index in [1.165, 1.54) is 11.9 Å². The highest BCUT2D eigenvalue weighted by Crippen LogP contribution is 2.14. The average Bonchev–Trinajstić information content (AvgIpc) is 2.63. The molecule has 1 heterocycles. The summed E-state index contributed by atoms with van der Waals surface area (Å²) in [6, 6.07) is 0.0208. The third-order valence-corrected chi connectivity index (χ3v) is 2.00. The average molecular weight is 256 g/mol. The van der Waals surface area contributed by atoms with Crippen LogP contribution in [0.25, 0.3) is 0 Å². The van der Waals surface area contributed by atoms with Crippen LogP contribution in [0.15, 0.2) is 4.42 Å².